The maximum absolute atomic E-state index is 12.2. The lowest BCUT2D eigenvalue weighted by Gasteiger charge is -2.26. The number of nitrogens with two attached hydrogens (primary N) is 2. The molecule has 0 spiro atoms. The van der Waals surface area contributed by atoms with Crippen molar-refractivity contribution in [3.8, 4) is 0 Å². The molecule has 0 amide bonds. The van der Waals surface area contributed by atoms with Crippen LogP contribution in [0.2, 0.25) is 0 Å². The van der Waals surface area contributed by atoms with E-state index in [0.29, 0.717) is 16.9 Å². The average Bonchev–Trinajstić information content (AvgIpc) is 2.52. The molecule has 0 aromatic heterocycles. The summed E-state index contributed by atoms with van der Waals surface area (Å²) >= 11 is 0. The van der Waals surface area contributed by atoms with Crippen LogP contribution >= 0.6 is 0 Å². The highest BCUT2D eigenvalue weighted by atomic mass is 16.5. The molecule has 0 atom stereocenters. The van der Waals surface area contributed by atoms with Crippen LogP contribution in [-0.2, 0) is 14.9 Å². The number of rotatable bonds is 5. The van der Waals surface area contributed by atoms with E-state index in [0.717, 1.165) is 11.1 Å². The van der Waals surface area contributed by atoms with Crippen molar-refractivity contribution < 1.29 is 9.53 Å². The van der Waals surface area contributed by atoms with Gasteiger partial charge in [-0.1, -0.05) is 56.8 Å². The Kier molecular flexibility index (Phi) is 4.74. The summed E-state index contributed by atoms with van der Waals surface area (Å²) in [4.78, 5) is 12.2. The molecule has 0 radical (unpaired) electrons. The summed E-state index contributed by atoms with van der Waals surface area (Å²) in [5, 5.41) is 0. The summed E-state index contributed by atoms with van der Waals surface area (Å²) in [7, 11) is 0. The van der Waals surface area contributed by atoms with Gasteiger partial charge in [0.05, 0.1) is 5.57 Å². The van der Waals surface area contributed by atoms with Crippen molar-refractivity contribution in [2.75, 3.05) is 18.1 Å². The van der Waals surface area contributed by atoms with Crippen LogP contribution in [0, 0.1) is 0 Å². The van der Waals surface area contributed by atoms with Gasteiger partial charge in [-0.05, 0) is 23.3 Å². The van der Waals surface area contributed by atoms with E-state index >= 15 is 0 Å². The van der Waals surface area contributed by atoms with Crippen LogP contribution in [0.25, 0.3) is 5.57 Å². The van der Waals surface area contributed by atoms with Gasteiger partial charge in [-0.2, -0.15) is 0 Å². The number of carbonyl (C=O) groups is 1. The molecule has 0 unspecified atom stereocenters. The van der Waals surface area contributed by atoms with Gasteiger partial charge >= 0.3 is 5.97 Å². The average molecular weight is 310 g/mol. The van der Waals surface area contributed by atoms with Gasteiger partial charge in [0.15, 0.2) is 0 Å². The Balaban J connectivity index is 2.07. The molecule has 0 fully saturated rings. The van der Waals surface area contributed by atoms with E-state index in [4.69, 9.17) is 16.2 Å². The molecular weight excluding hydrogens is 288 g/mol. The Hall–Kier alpha value is -2.75. The number of hydrogen-bond donors (Lipinski definition) is 2. The van der Waals surface area contributed by atoms with E-state index in [9.17, 15) is 4.79 Å². The molecule has 0 bridgehead atoms. The first kappa shape index (κ1) is 16.6. The van der Waals surface area contributed by atoms with Crippen molar-refractivity contribution in [2.45, 2.75) is 19.3 Å². The van der Waals surface area contributed by atoms with Gasteiger partial charge in [0.25, 0.3) is 0 Å². The lowest BCUT2D eigenvalue weighted by Crippen LogP contribution is -2.27. The molecule has 23 heavy (non-hydrogen) atoms. The molecule has 4 N–H and O–H groups in total. The normalized spacial score (nSPS) is 11.0. The monoisotopic (exact) mass is 310 g/mol. The van der Waals surface area contributed by atoms with Crippen LogP contribution in [-0.4, -0.2) is 12.6 Å². The SMILES string of the molecule is C=C(C(=O)OCC(C)(C)c1ccc(N)cc1N)c1ccccc1. The fourth-order valence-corrected chi connectivity index (χ4v) is 2.37. The van der Waals surface area contributed by atoms with E-state index in [1.807, 2.05) is 50.2 Å². The number of hydrogen-bond acceptors (Lipinski definition) is 4. The minimum atomic E-state index is -0.432. The molecule has 2 aromatic rings. The number of benzene rings is 2. The smallest absolute Gasteiger partial charge is 0.338 e. The summed E-state index contributed by atoms with van der Waals surface area (Å²) in [6.45, 7) is 7.94. The highest BCUT2D eigenvalue weighted by Gasteiger charge is 2.26. The van der Waals surface area contributed by atoms with E-state index < -0.39 is 11.4 Å². The van der Waals surface area contributed by atoms with Crippen molar-refractivity contribution in [1.29, 1.82) is 0 Å². The third-order valence-electron chi connectivity index (χ3n) is 3.74. The molecule has 0 heterocycles. The van der Waals surface area contributed by atoms with E-state index in [-0.39, 0.29) is 6.61 Å². The zero-order valence-electron chi connectivity index (χ0n) is 13.5. The van der Waals surface area contributed by atoms with Crippen molar-refractivity contribution >= 4 is 22.9 Å². The molecule has 4 nitrogen and oxygen atoms in total. The summed E-state index contributed by atoms with van der Waals surface area (Å²) < 4.78 is 5.44. The molecule has 0 aliphatic rings. The number of esters is 1. The van der Waals surface area contributed by atoms with Crippen molar-refractivity contribution in [3.63, 3.8) is 0 Å². The highest BCUT2D eigenvalue weighted by molar-refractivity contribution is 6.15. The first-order valence-corrected chi connectivity index (χ1v) is 7.38. The maximum atomic E-state index is 12.2. The van der Waals surface area contributed by atoms with Crippen molar-refractivity contribution in [3.05, 3.63) is 66.2 Å². The quantitative estimate of drug-likeness (QED) is 0.504. The number of ether oxygens (including phenoxy) is 1. The minimum Gasteiger partial charge on any atom is -0.461 e. The van der Waals surface area contributed by atoms with Crippen LogP contribution in [0.3, 0.4) is 0 Å². The summed E-state index contributed by atoms with van der Waals surface area (Å²) in [5.74, 6) is -0.432. The Bertz CT molecular complexity index is 721. The van der Waals surface area contributed by atoms with Crippen LogP contribution in [0.5, 0.6) is 0 Å². The molecule has 0 aliphatic carbocycles. The van der Waals surface area contributed by atoms with Gasteiger partial charge in [0, 0.05) is 16.8 Å². The van der Waals surface area contributed by atoms with Crippen LogP contribution in [0.4, 0.5) is 11.4 Å². The molecule has 0 saturated heterocycles. The highest BCUT2D eigenvalue weighted by Crippen LogP contribution is 2.30. The maximum Gasteiger partial charge on any atom is 0.338 e. The van der Waals surface area contributed by atoms with Gasteiger partial charge in [0.2, 0.25) is 0 Å². The predicted molar refractivity (Wildman–Crippen MR) is 94.7 cm³/mol. The Morgan fingerprint density at radius 1 is 1.13 bits per heavy atom. The van der Waals surface area contributed by atoms with Crippen LogP contribution < -0.4 is 11.5 Å². The van der Waals surface area contributed by atoms with E-state index in [1.165, 1.54) is 0 Å². The fraction of sp³-hybridized carbons (Fsp3) is 0.211. The predicted octanol–water partition coefficient (Wildman–Crippen LogP) is 3.39. The lowest BCUT2D eigenvalue weighted by atomic mass is 9.84. The number of nitrogen functional groups attached to an aromatic ring is 2. The molecule has 2 aromatic carbocycles. The van der Waals surface area contributed by atoms with Crippen LogP contribution in [0.1, 0.15) is 25.0 Å². The third-order valence-corrected chi connectivity index (χ3v) is 3.74. The number of carbonyl (C=O) groups excluding carboxylic acids is 1. The molecule has 0 aliphatic heterocycles. The third kappa shape index (κ3) is 3.92. The molecule has 4 heteroatoms. The van der Waals surface area contributed by atoms with E-state index in [1.54, 1.807) is 12.1 Å². The van der Waals surface area contributed by atoms with Gasteiger partial charge in [-0.25, -0.2) is 4.79 Å². The summed E-state index contributed by atoms with van der Waals surface area (Å²) in [5.41, 5.74) is 14.5. The van der Waals surface area contributed by atoms with Gasteiger partial charge in [0.1, 0.15) is 6.61 Å². The fourth-order valence-electron chi connectivity index (χ4n) is 2.37. The van der Waals surface area contributed by atoms with E-state index in [2.05, 4.69) is 6.58 Å². The van der Waals surface area contributed by atoms with Crippen molar-refractivity contribution in [2.24, 2.45) is 0 Å². The van der Waals surface area contributed by atoms with Gasteiger partial charge in [-0.15, -0.1) is 0 Å². The zero-order valence-corrected chi connectivity index (χ0v) is 13.5. The molecule has 0 saturated carbocycles. The second-order valence-electron chi connectivity index (χ2n) is 6.15. The van der Waals surface area contributed by atoms with Gasteiger partial charge in [-0.3, -0.25) is 0 Å². The largest absolute Gasteiger partial charge is 0.461 e. The first-order chi connectivity index (χ1) is 10.8. The second-order valence-corrected chi connectivity index (χ2v) is 6.15. The Morgan fingerprint density at radius 3 is 2.39 bits per heavy atom. The summed E-state index contributed by atoms with van der Waals surface area (Å²) in [6, 6.07) is 14.6. The lowest BCUT2D eigenvalue weighted by molar-refractivity contribution is -0.138. The second kappa shape index (κ2) is 6.57. The first-order valence-electron chi connectivity index (χ1n) is 7.38. The van der Waals surface area contributed by atoms with Crippen molar-refractivity contribution in [1.82, 2.24) is 0 Å². The number of anilines is 2. The Morgan fingerprint density at radius 2 is 1.78 bits per heavy atom. The van der Waals surface area contributed by atoms with Crippen LogP contribution in [0.15, 0.2) is 55.1 Å². The molecular formula is C19H22N2O2. The molecule has 2 rings (SSSR count). The topological polar surface area (TPSA) is 78.3 Å². The standard InChI is InChI=1S/C19H22N2O2/c1-13(14-7-5-4-6-8-14)18(22)23-12-19(2,3)16-10-9-15(20)11-17(16)21/h4-11H,1,12,20-21H2,2-3H3. The summed E-state index contributed by atoms with van der Waals surface area (Å²) in [6.07, 6.45) is 0. The van der Waals surface area contributed by atoms with Gasteiger partial charge < -0.3 is 16.2 Å². The Labute approximate surface area is 136 Å². The minimum absolute atomic E-state index is 0.200. The molecule has 120 valence electrons. The zero-order chi connectivity index (χ0) is 17.0.